The first-order chi connectivity index (χ1) is 11.0. The maximum atomic E-state index is 12.0. The van der Waals surface area contributed by atoms with Crippen LogP contribution in [0.2, 0.25) is 0 Å². The number of carbonyl (C=O) groups excluding carboxylic acids is 1. The van der Waals surface area contributed by atoms with E-state index in [1.165, 1.54) is 12.3 Å². The Kier molecular flexibility index (Phi) is 5.70. The number of allylic oxidation sites excluding steroid dienone is 1. The average Bonchev–Trinajstić information content (AvgIpc) is 3.00. The average molecular weight is 379 g/mol. The summed E-state index contributed by atoms with van der Waals surface area (Å²) in [7, 11) is 0. The first-order valence-corrected chi connectivity index (χ1v) is 7.68. The van der Waals surface area contributed by atoms with Gasteiger partial charge in [-0.3, -0.25) is 9.48 Å². The van der Waals surface area contributed by atoms with E-state index in [-0.39, 0.29) is 5.78 Å². The molecule has 0 saturated heterocycles. The van der Waals surface area contributed by atoms with Crippen LogP contribution in [0.5, 0.6) is 5.75 Å². The zero-order valence-electron chi connectivity index (χ0n) is 12.4. The Morgan fingerprint density at radius 3 is 2.83 bits per heavy atom. The molecular formula is C16H15BrN2O4. The molecule has 120 valence electrons. The highest BCUT2D eigenvalue weighted by molar-refractivity contribution is 9.10. The minimum absolute atomic E-state index is 0.132. The van der Waals surface area contributed by atoms with E-state index < -0.39 is 12.6 Å². The minimum atomic E-state index is -1.04. The van der Waals surface area contributed by atoms with Crippen molar-refractivity contribution in [1.82, 2.24) is 9.78 Å². The molecule has 0 saturated carbocycles. The number of nitrogens with zero attached hydrogens (tertiary/aromatic N) is 2. The third-order valence-corrected chi connectivity index (χ3v) is 3.60. The third-order valence-electron chi connectivity index (χ3n) is 2.98. The van der Waals surface area contributed by atoms with Crippen molar-refractivity contribution in [2.24, 2.45) is 0 Å². The van der Waals surface area contributed by atoms with Crippen LogP contribution in [0.15, 0.2) is 41.1 Å². The van der Waals surface area contributed by atoms with Crippen LogP contribution >= 0.6 is 15.9 Å². The summed E-state index contributed by atoms with van der Waals surface area (Å²) in [4.78, 5) is 22.5. The summed E-state index contributed by atoms with van der Waals surface area (Å²) in [6.07, 6.45) is 6.38. The van der Waals surface area contributed by atoms with E-state index in [1.54, 1.807) is 35.2 Å². The molecule has 2 rings (SSSR count). The van der Waals surface area contributed by atoms with Gasteiger partial charge in [0.05, 0.1) is 16.2 Å². The van der Waals surface area contributed by atoms with E-state index in [1.807, 2.05) is 6.92 Å². The first-order valence-electron chi connectivity index (χ1n) is 6.88. The lowest BCUT2D eigenvalue weighted by molar-refractivity contribution is -0.139. The molecule has 6 nitrogen and oxygen atoms in total. The van der Waals surface area contributed by atoms with Crippen LogP contribution in [-0.2, 0) is 11.3 Å². The molecule has 0 atom stereocenters. The van der Waals surface area contributed by atoms with Crippen molar-refractivity contribution in [2.45, 2.75) is 13.5 Å². The number of halogens is 1. The molecule has 0 spiro atoms. The molecule has 1 N–H and O–H groups in total. The zero-order valence-corrected chi connectivity index (χ0v) is 14.0. The van der Waals surface area contributed by atoms with Crippen LogP contribution in [0.25, 0.3) is 6.08 Å². The highest BCUT2D eigenvalue weighted by Gasteiger charge is 2.06. The number of hydrogen-bond donors (Lipinski definition) is 1. The maximum Gasteiger partial charge on any atom is 0.341 e. The van der Waals surface area contributed by atoms with Gasteiger partial charge in [-0.2, -0.15) is 5.10 Å². The van der Waals surface area contributed by atoms with Crippen molar-refractivity contribution in [1.29, 1.82) is 0 Å². The van der Waals surface area contributed by atoms with Gasteiger partial charge in [0.25, 0.3) is 0 Å². The van der Waals surface area contributed by atoms with Gasteiger partial charge >= 0.3 is 5.97 Å². The summed E-state index contributed by atoms with van der Waals surface area (Å²) in [5.74, 6) is -0.744. The van der Waals surface area contributed by atoms with Gasteiger partial charge in [0.2, 0.25) is 0 Å². The third kappa shape index (κ3) is 4.79. The van der Waals surface area contributed by atoms with Crippen LogP contribution in [-0.4, -0.2) is 33.2 Å². The van der Waals surface area contributed by atoms with Crippen molar-refractivity contribution >= 4 is 33.8 Å². The number of benzene rings is 1. The Morgan fingerprint density at radius 2 is 2.22 bits per heavy atom. The second-order valence-electron chi connectivity index (χ2n) is 4.65. The molecule has 0 radical (unpaired) electrons. The minimum Gasteiger partial charge on any atom is -0.481 e. The predicted molar refractivity (Wildman–Crippen MR) is 88.5 cm³/mol. The van der Waals surface area contributed by atoms with Crippen LogP contribution in [0, 0.1) is 0 Å². The Hall–Kier alpha value is -2.41. The van der Waals surface area contributed by atoms with Crippen LogP contribution < -0.4 is 4.74 Å². The molecule has 0 aliphatic rings. The SMILES string of the molecule is CCn1cc(C(=O)C=Cc2ccc(OCC(=O)O)c(Br)c2)cn1. The number of aromatic nitrogens is 2. The van der Waals surface area contributed by atoms with Crippen molar-refractivity contribution in [3.05, 3.63) is 52.3 Å². The lowest BCUT2D eigenvalue weighted by atomic mass is 10.1. The Balaban J connectivity index is 2.06. The molecule has 0 unspecified atom stereocenters. The summed E-state index contributed by atoms with van der Waals surface area (Å²) >= 11 is 3.31. The van der Waals surface area contributed by atoms with Gasteiger partial charge in [0, 0.05) is 12.7 Å². The number of carboxylic acid groups (broad SMARTS) is 1. The van der Waals surface area contributed by atoms with Gasteiger partial charge in [-0.05, 0) is 46.6 Å². The molecule has 0 amide bonds. The fourth-order valence-corrected chi connectivity index (χ4v) is 2.32. The number of aryl methyl sites for hydroxylation is 1. The lowest BCUT2D eigenvalue weighted by Gasteiger charge is -2.06. The molecule has 1 aromatic heterocycles. The van der Waals surface area contributed by atoms with Gasteiger partial charge < -0.3 is 9.84 Å². The molecule has 2 aromatic rings. The molecule has 1 heterocycles. The van der Waals surface area contributed by atoms with Gasteiger partial charge in [-0.1, -0.05) is 12.1 Å². The fourth-order valence-electron chi connectivity index (χ4n) is 1.81. The van der Waals surface area contributed by atoms with Crippen LogP contribution in [0.4, 0.5) is 0 Å². The first kappa shape index (κ1) is 17.0. The number of ether oxygens (including phenoxy) is 1. The van der Waals surface area contributed by atoms with Gasteiger partial charge in [-0.15, -0.1) is 0 Å². The summed E-state index contributed by atoms with van der Waals surface area (Å²) in [5, 5.41) is 12.7. The molecule has 0 aliphatic heterocycles. The molecule has 7 heteroatoms. The number of aliphatic carboxylic acids is 1. The quantitative estimate of drug-likeness (QED) is 0.591. The van der Waals surface area contributed by atoms with E-state index in [2.05, 4.69) is 21.0 Å². The second-order valence-corrected chi connectivity index (χ2v) is 5.51. The lowest BCUT2D eigenvalue weighted by Crippen LogP contribution is -2.09. The molecular weight excluding hydrogens is 364 g/mol. The standard InChI is InChI=1S/C16H15BrN2O4/c1-2-19-9-12(8-18-19)14(20)5-3-11-4-6-15(13(17)7-11)23-10-16(21)22/h3-9H,2,10H2,1H3,(H,21,22). The molecule has 1 aromatic carbocycles. The largest absolute Gasteiger partial charge is 0.481 e. The molecule has 0 aliphatic carbocycles. The van der Waals surface area contributed by atoms with Crippen LogP contribution in [0.3, 0.4) is 0 Å². The summed E-state index contributed by atoms with van der Waals surface area (Å²) < 4.78 is 7.42. The Bertz CT molecular complexity index is 752. The summed E-state index contributed by atoms with van der Waals surface area (Å²) in [5.41, 5.74) is 1.32. The van der Waals surface area contributed by atoms with Crippen LogP contribution in [0.1, 0.15) is 22.8 Å². The van der Waals surface area contributed by atoms with E-state index in [9.17, 15) is 9.59 Å². The predicted octanol–water partition coefficient (Wildman–Crippen LogP) is 3.03. The summed E-state index contributed by atoms with van der Waals surface area (Å²) in [6, 6.07) is 5.13. The topological polar surface area (TPSA) is 81.4 Å². The summed E-state index contributed by atoms with van der Waals surface area (Å²) in [6.45, 7) is 2.25. The molecule has 0 bridgehead atoms. The van der Waals surface area contributed by atoms with Crippen molar-refractivity contribution in [2.75, 3.05) is 6.61 Å². The Labute approximate surface area is 141 Å². The van der Waals surface area contributed by atoms with Gasteiger partial charge in [0.1, 0.15) is 5.75 Å². The molecule has 0 fully saturated rings. The maximum absolute atomic E-state index is 12.0. The number of ketones is 1. The van der Waals surface area contributed by atoms with E-state index in [0.29, 0.717) is 22.3 Å². The highest BCUT2D eigenvalue weighted by atomic mass is 79.9. The van der Waals surface area contributed by atoms with Crippen molar-refractivity contribution in [3.63, 3.8) is 0 Å². The number of carbonyl (C=O) groups is 2. The Morgan fingerprint density at radius 1 is 1.43 bits per heavy atom. The highest BCUT2D eigenvalue weighted by Crippen LogP contribution is 2.26. The van der Waals surface area contributed by atoms with E-state index in [4.69, 9.17) is 9.84 Å². The van der Waals surface area contributed by atoms with Gasteiger partial charge in [0.15, 0.2) is 12.4 Å². The fraction of sp³-hybridized carbons (Fsp3) is 0.188. The van der Waals surface area contributed by atoms with E-state index in [0.717, 1.165) is 5.56 Å². The monoisotopic (exact) mass is 378 g/mol. The van der Waals surface area contributed by atoms with Gasteiger partial charge in [-0.25, -0.2) is 4.79 Å². The van der Waals surface area contributed by atoms with Crippen molar-refractivity contribution < 1.29 is 19.4 Å². The normalized spacial score (nSPS) is 10.9. The van der Waals surface area contributed by atoms with Crippen molar-refractivity contribution in [3.8, 4) is 5.75 Å². The molecule has 23 heavy (non-hydrogen) atoms. The second kappa shape index (κ2) is 7.73. The van der Waals surface area contributed by atoms with E-state index >= 15 is 0 Å². The number of hydrogen-bond acceptors (Lipinski definition) is 4. The smallest absolute Gasteiger partial charge is 0.341 e. The number of rotatable bonds is 7. The zero-order chi connectivity index (χ0) is 16.8. The number of carboxylic acids is 1.